The maximum absolute atomic E-state index is 12.7. The van der Waals surface area contributed by atoms with Gasteiger partial charge in [-0.15, -0.1) is 10.2 Å². The molecule has 0 radical (unpaired) electrons. The Morgan fingerprint density at radius 1 is 1.24 bits per heavy atom. The molecule has 0 unspecified atom stereocenters. The summed E-state index contributed by atoms with van der Waals surface area (Å²) in [6.45, 7) is 5.70. The highest BCUT2D eigenvalue weighted by molar-refractivity contribution is 7.98. The van der Waals surface area contributed by atoms with Gasteiger partial charge in [-0.25, -0.2) is 4.79 Å². The average molecular weight is 360 g/mol. The number of aromatic nitrogens is 3. The molecule has 25 heavy (non-hydrogen) atoms. The second-order valence-corrected chi connectivity index (χ2v) is 7.03. The monoisotopic (exact) mass is 360 g/mol. The summed E-state index contributed by atoms with van der Waals surface area (Å²) in [4.78, 5) is 24.1. The number of hydrogen-bond donors (Lipinski definition) is 0. The molecular formula is C17H20N4O3S. The van der Waals surface area contributed by atoms with Crippen LogP contribution in [0, 0.1) is 0 Å². The van der Waals surface area contributed by atoms with Gasteiger partial charge in [0.15, 0.2) is 0 Å². The maximum atomic E-state index is 12.7. The second kappa shape index (κ2) is 7.60. The average Bonchev–Trinajstić information content (AvgIpc) is 2.59. The van der Waals surface area contributed by atoms with Crippen LogP contribution >= 0.6 is 11.8 Å². The zero-order valence-corrected chi connectivity index (χ0v) is 15.6. The van der Waals surface area contributed by atoms with Gasteiger partial charge in [0.1, 0.15) is 5.69 Å². The van der Waals surface area contributed by atoms with Gasteiger partial charge in [0.2, 0.25) is 5.16 Å². The van der Waals surface area contributed by atoms with Gasteiger partial charge in [0.25, 0.3) is 5.56 Å². The zero-order chi connectivity index (χ0) is 18.6. The number of hydrogen-bond acceptors (Lipinski definition) is 7. The molecule has 0 aliphatic heterocycles. The van der Waals surface area contributed by atoms with E-state index in [2.05, 4.69) is 20.0 Å². The van der Waals surface area contributed by atoms with Crippen molar-refractivity contribution in [3.8, 4) is 0 Å². The molecule has 1 aromatic carbocycles. The third-order valence-corrected chi connectivity index (χ3v) is 3.98. The summed E-state index contributed by atoms with van der Waals surface area (Å²) in [6, 6.07) is 6.71. The van der Waals surface area contributed by atoms with Crippen LogP contribution in [0.2, 0.25) is 0 Å². The van der Waals surface area contributed by atoms with Gasteiger partial charge in [-0.2, -0.15) is 9.78 Å². The van der Waals surface area contributed by atoms with E-state index in [1.807, 2.05) is 20.8 Å². The Labute approximate surface area is 150 Å². The van der Waals surface area contributed by atoms with E-state index >= 15 is 0 Å². The van der Waals surface area contributed by atoms with Crippen LogP contribution in [0.5, 0.6) is 0 Å². The van der Waals surface area contributed by atoms with E-state index in [4.69, 9.17) is 0 Å². The maximum Gasteiger partial charge on any atom is 0.337 e. The lowest BCUT2D eigenvalue weighted by molar-refractivity contribution is 0.0600. The molecule has 8 heteroatoms. The summed E-state index contributed by atoms with van der Waals surface area (Å²) in [6.07, 6.45) is 3.34. The predicted molar refractivity (Wildman–Crippen MR) is 97.5 cm³/mol. The van der Waals surface area contributed by atoms with Crippen molar-refractivity contribution in [2.75, 3.05) is 13.4 Å². The number of nitrogens with zero attached hydrogens (tertiary/aromatic N) is 4. The Kier molecular flexibility index (Phi) is 5.73. The van der Waals surface area contributed by atoms with E-state index in [1.165, 1.54) is 29.8 Å². The van der Waals surface area contributed by atoms with Crippen LogP contribution < -0.4 is 5.56 Å². The summed E-state index contributed by atoms with van der Waals surface area (Å²) >= 11 is 1.29. The quantitative estimate of drug-likeness (QED) is 0.472. The Balaban J connectivity index is 2.40. The first-order chi connectivity index (χ1) is 11.8. The smallest absolute Gasteiger partial charge is 0.337 e. The van der Waals surface area contributed by atoms with Gasteiger partial charge in [-0.1, -0.05) is 44.7 Å². The zero-order valence-electron chi connectivity index (χ0n) is 14.8. The minimum atomic E-state index is -0.430. The molecular weight excluding hydrogens is 340 g/mol. The molecule has 0 aliphatic carbocycles. The van der Waals surface area contributed by atoms with Crippen LogP contribution in [0.1, 0.15) is 42.4 Å². The fraction of sp³-hybridized carbons (Fsp3) is 0.353. The van der Waals surface area contributed by atoms with Crippen LogP contribution in [-0.2, 0) is 10.2 Å². The van der Waals surface area contributed by atoms with E-state index in [0.717, 1.165) is 5.56 Å². The van der Waals surface area contributed by atoms with Crippen molar-refractivity contribution in [1.82, 2.24) is 14.9 Å². The van der Waals surface area contributed by atoms with E-state index in [0.29, 0.717) is 16.4 Å². The van der Waals surface area contributed by atoms with Gasteiger partial charge < -0.3 is 4.74 Å². The minimum Gasteiger partial charge on any atom is -0.465 e. The normalized spacial score (nSPS) is 11.7. The number of benzene rings is 1. The van der Waals surface area contributed by atoms with Crippen LogP contribution in [-0.4, -0.2) is 40.4 Å². The van der Waals surface area contributed by atoms with Crippen LogP contribution in [0.25, 0.3) is 0 Å². The predicted octanol–water partition coefficient (Wildman–Crippen LogP) is 2.33. The van der Waals surface area contributed by atoms with Crippen molar-refractivity contribution in [3.63, 3.8) is 0 Å². The molecule has 1 heterocycles. The molecule has 0 saturated carbocycles. The molecule has 0 atom stereocenters. The van der Waals surface area contributed by atoms with Crippen molar-refractivity contribution < 1.29 is 9.53 Å². The first-order valence-corrected chi connectivity index (χ1v) is 8.77. The summed E-state index contributed by atoms with van der Waals surface area (Å²) < 4.78 is 5.90. The van der Waals surface area contributed by atoms with Crippen molar-refractivity contribution in [3.05, 3.63) is 51.4 Å². The lowest BCUT2D eigenvalue weighted by Gasteiger charge is -2.16. The molecule has 2 rings (SSSR count). The molecule has 0 N–H and O–H groups in total. The Morgan fingerprint density at radius 2 is 1.88 bits per heavy atom. The molecule has 0 fully saturated rings. The van der Waals surface area contributed by atoms with E-state index in [9.17, 15) is 9.59 Å². The molecule has 132 valence electrons. The van der Waals surface area contributed by atoms with Gasteiger partial charge in [-0.05, 0) is 24.0 Å². The number of rotatable bonds is 4. The fourth-order valence-electron chi connectivity index (χ4n) is 2.01. The van der Waals surface area contributed by atoms with Crippen molar-refractivity contribution in [2.45, 2.75) is 31.3 Å². The van der Waals surface area contributed by atoms with Gasteiger partial charge in [0.05, 0.1) is 18.9 Å². The Morgan fingerprint density at radius 3 is 2.40 bits per heavy atom. The topological polar surface area (TPSA) is 86.4 Å². The van der Waals surface area contributed by atoms with Crippen LogP contribution in [0.3, 0.4) is 0 Å². The summed E-state index contributed by atoms with van der Waals surface area (Å²) in [7, 11) is 1.33. The molecule has 0 bridgehead atoms. The van der Waals surface area contributed by atoms with Gasteiger partial charge in [-0.3, -0.25) is 4.79 Å². The molecule has 7 nitrogen and oxygen atoms in total. The molecule has 0 spiro atoms. The van der Waals surface area contributed by atoms with Gasteiger partial charge in [0, 0.05) is 5.41 Å². The highest BCUT2D eigenvalue weighted by Crippen LogP contribution is 2.17. The standard InChI is InChI=1S/C17H20N4O3S/c1-17(2,3)13-14(22)21(16(25-5)20-19-13)18-10-11-6-8-12(9-7-11)15(23)24-4/h6-10H,1-5H3/b18-10+. The summed E-state index contributed by atoms with van der Waals surface area (Å²) in [5, 5.41) is 12.8. The molecule has 0 saturated heterocycles. The van der Waals surface area contributed by atoms with Crippen LogP contribution in [0.4, 0.5) is 0 Å². The Bertz CT molecular complexity index is 852. The minimum absolute atomic E-state index is 0.297. The van der Waals surface area contributed by atoms with Crippen molar-refractivity contribution >= 4 is 23.9 Å². The molecule has 1 aromatic heterocycles. The first-order valence-electron chi connectivity index (χ1n) is 7.55. The number of ether oxygens (including phenoxy) is 1. The lowest BCUT2D eigenvalue weighted by Crippen LogP contribution is -2.32. The Hall–Kier alpha value is -2.48. The number of thioether (sulfide) groups is 1. The molecule has 2 aromatic rings. The highest BCUT2D eigenvalue weighted by atomic mass is 32.2. The van der Waals surface area contributed by atoms with E-state index in [-0.39, 0.29) is 5.56 Å². The summed E-state index contributed by atoms with van der Waals surface area (Å²) in [5.74, 6) is -0.405. The van der Waals surface area contributed by atoms with Crippen LogP contribution in [0.15, 0.2) is 39.3 Å². The third kappa shape index (κ3) is 4.33. The highest BCUT2D eigenvalue weighted by Gasteiger charge is 2.23. The van der Waals surface area contributed by atoms with Crippen molar-refractivity contribution in [1.29, 1.82) is 0 Å². The number of carbonyl (C=O) groups is 1. The van der Waals surface area contributed by atoms with Gasteiger partial charge >= 0.3 is 5.97 Å². The van der Waals surface area contributed by atoms with E-state index < -0.39 is 11.4 Å². The number of carbonyl (C=O) groups excluding carboxylic acids is 1. The fourth-order valence-corrected chi connectivity index (χ4v) is 2.44. The summed E-state index contributed by atoms with van der Waals surface area (Å²) in [5.41, 5.74) is 0.807. The van der Waals surface area contributed by atoms with Crippen molar-refractivity contribution in [2.24, 2.45) is 5.10 Å². The van der Waals surface area contributed by atoms with E-state index in [1.54, 1.807) is 30.5 Å². The first kappa shape index (κ1) is 18.9. The molecule has 0 amide bonds. The lowest BCUT2D eigenvalue weighted by atomic mass is 9.93. The largest absolute Gasteiger partial charge is 0.465 e. The second-order valence-electron chi connectivity index (χ2n) is 6.26. The number of methoxy groups -OCH3 is 1. The molecule has 0 aliphatic rings. The number of esters is 1. The third-order valence-electron chi connectivity index (χ3n) is 3.36. The SMILES string of the molecule is COC(=O)c1ccc(/C=N/n2c(SC)nnc(C(C)(C)C)c2=O)cc1.